The van der Waals surface area contributed by atoms with E-state index in [9.17, 15) is 4.79 Å². The molecule has 0 aliphatic heterocycles. The Labute approximate surface area is 199 Å². The average molecular weight is 499 g/mol. The Balaban J connectivity index is 2.76. The minimum Gasteiger partial charge on any atom is -0.493 e. The van der Waals surface area contributed by atoms with Gasteiger partial charge in [0.2, 0.25) is 0 Å². The van der Waals surface area contributed by atoms with E-state index in [0.717, 1.165) is 28.5 Å². The monoisotopic (exact) mass is 498 g/mol. The molecule has 32 heavy (non-hydrogen) atoms. The molecule has 0 atom stereocenters. The summed E-state index contributed by atoms with van der Waals surface area (Å²) in [5, 5.41) is 2.73. The van der Waals surface area contributed by atoms with E-state index in [1.165, 1.54) is 0 Å². The molecule has 0 heterocycles. The normalized spacial score (nSPS) is 13.5. The third-order valence-electron chi connectivity index (χ3n) is 6.62. The topological polar surface area (TPSA) is 26.3 Å². The molecular weight excluding hydrogens is 457 g/mol. The highest BCUT2D eigenvalue weighted by Crippen LogP contribution is 2.41. The number of carbonyl (C=O) groups excluding carboxylic acids is 1. The fourth-order valence-corrected chi connectivity index (χ4v) is 104. The number of fused-ring (bicyclic) bond motifs is 1. The number of hydrogen-bond acceptors (Lipinski definition) is 2. The lowest BCUT2D eigenvalue weighted by atomic mass is 10.1. The summed E-state index contributed by atoms with van der Waals surface area (Å²) in [5.41, 5.74) is 0.843. The van der Waals surface area contributed by atoms with E-state index >= 15 is 0 Å². The number of allylic oxidation sites excluding steroid dienone is 2. The predicted octanol–water partition coefficient (Wildman–Crippen LogP) is 7.77. The summed E-state index contributed by atoms with van der Waals surface area (Å²) in [7, 11) is -5.27. The van der Waals surface area contributed by atoms with Gasteiger partial charge in [-0.1, -0.05) is 108 Å². The van der Waals surface area contributed by atoms with Gasteiger partial charge < -0.3 is 9.53 Å². The van der Waals surface area contributed by atoms with Crippen LogP contribution in [-0.4, -0.2) is 41.4 Å². The summed E-state index contributed by atoms with van der Waals surface area (Å²) in [6.07, 6.45) is 6.57. The first kappa shape index (κ1) is 26.8. The van der Waals surface area contributed by atoms with Crippen LogP contribution >= 0.6 is 0 Å². The summed E-state index contributed by atoms with van der Waals surface area (Å²) in [5.74, 6) is 0.771. The van der Waals surface area contributed by atoms with Crippen LogP contribution in [0.2, 0.25) is 58.9 Å². The Morgan fingerprint density at radius 3 is 1.84 bits per heavy atom. The van der Waals surface area contributed by atoms with Crippen molar-refractivity contribution in [3.63, 3.8) is 0 Å². The Morgan fingerprint density at radius 1 is 0.875 bits per heavy atom. The number of hydrogen-bond donors (Lipinski definition) is 0. The van der Waals surface area contributed by atoms with Crippen LogP contribution < -0.4 is 4.74 Å². The second-order valence-corrected chi connectivity index (χ2v) is 52.0. The highest BCUT2D eigenvalue weighted by molar-refractivity contribution is 7.97. The molecule has 0 aromatic heterocycles. The molecule has 2 aromatic carbocycles. The van der Waals surface area contributed by atoms with Crippen LogP contribution in [0.5, 0.6) is 5.75 Å². The molecule has 174 valence electrons. The van der Waals surface area contributed by atoms with Crippen LogP contribution in [0, 0.1) is 0 Å². The van der Waals surface area contributed by atoms with Gasteiger partial charge in [0.1, 0.15) is 17.8 Å². The van der Waals surface area contributed by atoms with Crippen molar-refractivity contribution < 1.29 is 9.53 Å². The second-order valence-electron chi connectivity index (χ2n) is 11.8. The molecule has 0 aliphatic carbocycles. The van der Waals surface area contributed by atoms with Gasteiger partial charge in [-0.25, -0.2) is 0 Å². The zero-order valence-corrected chi connectivity index (χ0v) is 25.6. The van der Waals surface area contributed by atoms with Gasteiger partial charge in [0.25, 0.3) is 0 Å². The van der Waals surface area contributed by atoms with Crippen molar-refractivity contribution >= 4 is 45.6 Å². The van der Waals surface area contributed by atoms with Crippen molar-refractivity contribution in [2.45, 2.75) is 65.3 Å². The van der Waals surface area contributed by atoms with Crippen molar-refractivity contribution in [3.05, 3.63) is 66.8 Å². The van der Waals surface area contributed by atoms with Gasteiger partial charge >= 0.3 is 0 Å². The van der Waals surface area contributed by atoms with Gasteiger partial charge in [-0.3, -0.25) is 0 Å². The van der Waals surface area contributed by atoms with E-state index < -0.39 is 29.4 Å². The summed E-state index contributed by atoms with van der Waals surface area (Å²) in [6.45, 7) is 24.2. The van der Waals surface area contributed by atoms with Gasteiger partial charge in [0.05, 0.1) is 12.2 Å². The number of ether oxygens (including phenoxy) is 1. The van der Waals surface area contributed by atoms with Gasteiger partial charge in [-0.05, 0) is 29.3 Å². The highest BCUT2D eigenvalue weighted by Gasteiger charge is 2.66. The van der Waals surface area contributed by atoms with Crippen molar-refractivity contribution in [3.8, 4) is 5.75 Å². The first-order valence-electron chi connectivity index (χ1n) is 11.7. The van der Waals surface area contributed by atoms with Gasteiger partial charge in [0.15, 0.2) is 0 Å². The lowest BCUT2D eigenvalue weighted by Gasteiger charge is -2.55. The minimum atomic E-state index is -2.25. The second kappa shape index (κ2) is 9.79. The van der Waals surface area contributed by atoms with Gasteiger partial charge in [-0.15, -0.1) is 0 Å². The van der Waals surface area contributed by atoms with Crippen LogP contribution in [-0.2, 0) is 0 Å². The summed E-state index contributed by atoms with van der Waals surface area (Å²) >= 11 is 0. The van der Waals surface area contributed by atoms with Gasteiger partial charge in [-0.2, -0.15) is 0 Å². The summed E-state index contributed by atoms with van der Waals surface area (Å²) in [6, 6.07) is 12.5. The lowest BCUT2D eigenvalue weighted by Crippen LogP contribution is -2.86. The summed E-state index contributed by atoms with van der Waals surface area (Å²) in [4.78, 5) is 14.9. The zero-order chi connectivity index (χ0) is 24.4. The predicted molar refractivity (Wildman–Crippen MR) is 154 cm³/mol. The van der Waals surface area contributed by atoms with Crippen molar-refractivity contribution in [2.24, 2.45) is 0 Å². The van der Waals surface area contributed by atoms with E-state index in [-0.39, 0.29) is 0 Å². The Hall–Kier alpha value is -1.48. The average Bonchev–Trinajstić information content (AvgIpc) is 2.64. The van der Waals surface area contributed by atoms with E-state index in [0.29, 0.717) is 12.0 Å². The van der Waals surface area contributed by atoms with E-state index in [1.807, 2.05) is 12.1 Å². The SMILES string of the molecule is C=C/C=C/CCOc1cc2ccccc2cc1C(=O)[Si]([Si](C)(C)C)([Si](C)(C)C)[Si](C)(C)C. The van der Waals surface area contributed by atoms with Crippen molar-refractivity contribution in [2.75, 3.05) is 6.61 Å². The molecule has 0 radical (unpaired) electrons. The molecule has 0 N–H and O–H groups in total. The molecule has 2 aromatic rings. The van der Waals surface area contributed by atoms with Crippen LogP contribution in [0.15, 0.2) is 61.2 Å². The lowest BCUT2D eigenvalue weighted by molar-refractivity contribution is 0.107. The molecule has 0 unspecified atom stereocenters. The van der Waals surface area contributed by atoms with Crippen LogP contribution in [0.4, 0.5) is 0 Å². The molecule has 0 amide bonds. The minimum absolute atomic E-state index is 0.484. The smallest absolute Gasteiger partial charge is 0.136 e. The molecule has 6 heteroatoms. The maximum atomic E-state index is 14.9. The standard InChI is InChI=1S/C26H42O2Si4/c1-11-12-13-16-19-28-25-21-23-18-15-14-17-22(23)20-24(25)26(27)32(29(2,3)4,30(5,6)7)31(8,9)10/h11-15,17-18,20-21H,1,16,19H2,2-10H3/b13-12+. The maximum absolute atomic E-state index is 14.9. The molecule has 0 saturated heterocycles. The fourth-order valence-electron chi connectivity index (χ4n) is 6.54. The number of carbonyl (C=O) groups is 1. The van der Waals surface area contributed by atoms with Crippen LogP contribution in [0.25, 0.3) is 10.8 Å². The highest BCUT2D eigenvalue weighted by atomic mass is 29.9. The van der Waals surface area contributed by atoms with Crippen LogP contribution in [0.3, 0.4) is 0 Å². The molecular formula is C26H42O2Si4. The Morgan fingerprint density at radius 2 is 1.38 bits per heavy atom. The van der Waals surface area contributed by atoms with Crippen molar-refractivity contribution in [1.82, 2.24) is 0 Å². The number of rotatable bonds is 10. The Kier molecular flexibility index (Phi) is 8.19. The fraction of sp³-hybridized carbons (Fsp3) is 0.423. The first-order chi connectivity index (χ1) is 14.7. The molecule has 0 fully saturated rings. The molecule has 0 spiro atoms. The van der Waals surface area contributed by atoms with Crippen molar-refractivity contribution in [1.29, 1.82) is 0 Å². The molecule has 0 saturated carbocycles. The van der Waals surface area contributed by atoms with E-state index in [2.05, 4.69) is 102 Å². The molecule has 2 rings (SSSR count). The molecule has 0 aliphatic rings. The largest absolute Gasteiger partial charge is 0.493 e. The third kappa shape index (κ3) is 5.03. The summed E-state index contributed by atoms with van der Waals surface area (Å²) < 4.78 is 6.31. The van der Waals surface area contributed by atoms with E-state index in [4.69, 9.17) is 4.74 Å². The zero-order valence-electron chi connectivity index (χ0n) is 21.6. The van der Waals surface area contributed by atoms with Crippen LogP contribution in [0.1, 0.15) is 16.8 Å². The van der Waals surface area contributed by atoms with Gasteiger partial charge in [0, 0.05) is 22.8 Å². The van der Waals surface area contributed by atoms with E-state index in [1.54, 1.807) is 6.08 Å². The maximum Gasteiger partial charge on any atom is 0.136 e. The first-order valence-corrected chi connectivity index (χ1v) is 27.2. The number of benzene rings is 2. The third-order valence-corrected chi connectivity index (χ3v) is 77.1. The Bertz CT molecular complexity index is 969. The molecule has 2 nitrogen and oxygen atoms in total. The molecule has 0 bridgehead atoms. The quantitative estimate of drug-likeness (QED) is 0.190.